The lowest BCUT2D eigenvalue weighted by Gasteiger charge is -2.26. The van der Waals surface area contributed by atoms with Crippen molar-refractivity contribution in [1.82, 2.24) is 0 Å². The Morgan fingerprint density at radius 3 is 2.64 bits per heavy atom. The number of aromatic carboxylic acids is 1. The number of carboxylic acid groups (broad SMARTS) is 1. The Labute approximate surface area is 207 Å². The molecule has 2 N–H and O–H groups in total. The summed E-state index contributed by atoms with van der Waals surface area (Å²) < 4.78 is 11.6. The van der Waals surface area contributed by atoms with E-state index in [1.165, 1.54) is 11.6 Å². The molecule has 7 heteroatoms. The lowest BCUT2D eigenvalue weighted by atomic mass is 9.96. The highest BCUT2D eigenvalue weighted by atomic mass is 16.5. The quantitative estimate of drug-likeness (QED) is 0.362. The number of carboxylic acids is 1. The van der Waals surface area contributed by atoms with Gasteiger partial charge in [-0.3, -0.25) is 9.59 Å². The average Bonchev–Trinajstić information content (AvgIpc) is 2.89. The fraction of sp³-hybridized carbons (Fsp3) is 0.207. The van der Waals surface area contributed by atoms with Gasteiger partial charge in [0.25, 0.3) is 5.91 Å². The molecule has 1 unspecified atom stereocenters. The van der Waals surface area contributed by atoms with Crippen LogP contribution in [0.4, 0.5) is 5.69 Å². The monoisotopic (exact) mass is 483 g/mol. The van der Waals surface area contributed by atoms with Crippen molar-refractivity contribution in [2.45, 2.75) is 38.2 Å². The molecule has 0 saturated carbocycles. The van der Waals surface area contributed by atoms with Crippen LogP contribution in [0, 0.1) is 0 Å². The number of benzene rings is 3. The van der Waals surface area contributed by atoms with Gasteiger partial charge in [0.2, 0.25) is 5.76 Å². The molecule has 0 radical (unpaired) electrons. The van der Waals surface area contributed by atoms with Gasteiger partial charge in [0, 0.05) is 11.6 Å². The molecule has 182 valence electrons. The number of hydrogen-bond acceptors (Lipinski definition) is 5. The summed E-state index contributed by atoms with van der Waals surface area (Å²) in [6.07, 6.45) is 4.91. The van der Waals surface area contributed by atoms with Gasteiger partial charge in [-0.15, -0.1) is 0 Å². The van der Waals surface area contributed by atoms with Crippen LogP contribution in [0.1, 0.15) is 51.3 Å². The molecule has 1 aliphatic heterocycles. The number of amides is 1. The number of anilines is 1. The molecule has 0 saturated heterocycles. The largest absolute Gasteiger partial charge is 0.490 e. The molecule has 4 aromatic rings. The van der Waals surface area contributed by atoms with Crippen molar-refractivity contribution in [3.8, 4) is 5.75 Å². The third-order valence-electron chi connectivity index (χ3n) is 6.40. The van der Waals surface area contributed by atoms with E-state index in [-0.39, 0.29) is 22.8 Å². The average molecular weight is 484 g/mol. The number of para-hydroxylation sites is 1. The third kappa shape index (κ3) is 5.00. The second-order valence-corrected chi connectivity index (χ2v) is 8.90. The molecule has 0 spiro atoms. The zero-order valence-corrected chi connectivity index (χ0v) is 19.5. The van der Waals surface area contributed by atoms with Crippen LogP contribution in [0.15, 0.2) is 82.0 Å². The Balaban J connectivity index is 1.27. The van der Waals surface area contributed by atoms with E-state index in [0.717, 1.165) is 49.5 Å². The first-order valence-corrected chi connectivity index (χ1v) is 11.9. The lowest BCUT2D eigenvalue weighted by molar-refractivity contribution is 0.0663. The summed E-state index contributed by atoms with van der Waals surface area (Å²) in [6, 6.07) is 21.4. The summed E-state index contributed by atoms with van der Waals surface area (Å²) in [5.74, 6) is -1.44. The third-order valence-corrected chi connectivity index (χ3v) is 6.40. The maximum atomic E-state index is 13.0. The molecule has 7 nitrogen and oxygen atoms in total. The van der Waals surface area contributed by atoms with Crippen LogP contribution in [0.2, 0.25) is 0 Å². The molecule has 1 aromatic heterocycles. The van der Waals surface area contributed by atoms with E-state index in [0.29, 0.717) is 5.56 Å². The van der Waals surface area contributed by atoms with Crippen molar-refractivity contribution in [3.05, 3.63) is 105 Å². The van der Waals surface area contributed by atoms with Gasteiger partial charge < -0.3 is 19.6 Å². The Bertz CT molecular complexity index is 1490. The molecule has 36 heavy (non-hydrogen) atoms. The summed E-state index contributed by atoms with van der Waals surface area (Å²) in [4.78, 5) is 36.6. The number of ether oxygens (including phenoxy) is 1. The smallest absolute Gasteiger partial charge is 0.371 e. The number of carbonyl (C=O) groups excluding carboxylic acids is 1. The SMILES string of the molecule is O=C(Nc1cccc2c(=O)cc(C(=O)O)oc12)c1ccc2c(c1)CCC(CCCc1ccccc1)O2. The summed E-state index contributed by atoms with van der Waals surface area (Å²) in [7, 11) is 0. The molecule has 1 amide bonds. The van der Waals surface area contributed by atoms with Gasteiger partial charge in [0.15, 0.2) is 11.0 Å². The summed E-state index contributed by atoms with van der Waals surface area (Å²) in [5, 5.41) is 12.2. The van der Waals surface area contributed by atoms with Crippen LogP contribution < -0.4 is 15.5 Å². The molecular weight excluding hydrogens is 458 g/mol. The topological polar surface area (TPSA) is 106 Å². The van der Waals surface area contributed by atoms with Gasteiger partial charge in [-0.25, -0.2) is 4.79 Å². The highest BCUT2D eigenvalue weighted by Crippen LogP contribution is 2.31. The van der Waals surface area contributed by atoms with Crippen LogP contribution in [-0.4, -0.2) is 23.1 Å². The maximum absolute atomic E-state index is 13.0. The summed E-state index contributed by atoms with van der Waals surface area (Å²) in [6.45, 7) is 0. The molecule has 1 atom stereocenters. The highest BCUT2D eigenvalue weighted by Gasteiger charge is 2.21. The zero-order valence-electron chi connectivity index (χ0n) is 19.5. The fourth-order valence-electron chi connectivity index (χ4n) is 4.54. The van der Waals surface area contributed by atoms with Crippen molar-refractivity contribution in [1.29, 1.82) is 0 Å². The first-order valence-electron chi connectivity index (χ1n) is 11.9. The van der Waals surface area contributed by atoms with Gasteiger partial charge in [0.05, 0.1) is 17.2 Å². The Morgan fingerprint density at radius 2 is 1.83 bits per heavy atom. The Hall–Kier alpha value is -4.39. The molecule has 2 heterocycles. The van der Waals surface area contributed by atoms with E-state index in [1.807, 2.05) is 18.2 Å². The van der Waals surface area contributed by atoms with Gasteiger partial charge in [-0.1, -0.05) is 36.4 Å². The van der Waals surface area contributed by atoms with E-state index >= 15 is 0 Å². The number of hydrogen-bond donors (Lipinski definition) is 2. The molecule has 0 bridgehead atoms. The van der Waals surface area contributed by atoms with Crippen molar-refractivity contribution < 1.29 is 23.8 Å². The van der Waals surface area contributed by atoms with Crippen LogP contribution in [0.5, 0.6) is 5.75 Å². The molecule has 5 rings (SSSR count). The summed E-state index contributed by atoms with van der Waals surface area (Å²) in [5.41, 5.74) is 2.50. The summed E-state index contributed by atoms with van der Waals surface area (Å²) >= 11 is 0. The van der Waals surface area contributed by atoms with E-state index in [9.17, 15) is 19.5 Å². The van der Waals surface area contributed by atoms with Crippen LogP contribution >= 0.6 is 0 Å². The van der Waals surface area contributed by atoms with Gasteiger partial charge in [0.1, 0.15) is 5.75 Å². The van der Waals surface area contributed by atoms with E-state index in [1.54, 1.807) is 18.2 Å². The maximum Gasteiger partial charge on any atom is 0.371 e. The van der Waals surface area contributed by atoms with Gasteiger partial charge >= 0.3 is 5.97 Å². The van der Waals surface area contributed by atoms with Crippen molar-refractivity contribution in [2.75, 3.05) is 5.32 Å². The van der Waals surface area contributed by atoms with Crippen molar-refractivity contribution in [2.24, 2.45) is 0 Å². The van der Waals surface area contributed by atoms with E-state index < -0.39 is 23.1 Å². The first kappa shape index (κ1) is 23.4. The molecular formula is C29H25NO6. The normalized spacial score (nSPS) is 14.6. The number of fused-ring (bicyclic) bond motifs is 2. The minimum atomic E-state index is -1.36. The van der Waals surface area contributed by atoms with E-state index in [2.05, 4.69) is 29.6 Å². The number of aryl methyl sites for hydroxylation is 2. The second-order valence-electron chi connectivity index (χ2n) is 8.90. The van der Waals surface area contributed by atoms with E-state index in [4.69, 9.17) is 9.15 Å². The Kier molecular flexibility index (Phi) is 6.54. The number of carbonyl (C=O) groups is 2. The van der Waals surface area contributed by atoms with Crippen molar-refractivity contribution in [3.63, 3.8) is 0 Å². The van der Waals surface area contributed by atoms with Crippen molar-refractivity contribution >= 4 is 28.5 Å². The minimum Gasteiger partial charge on any atom is -0.490 e. The predicted octanol–water partition coefficient (Wildman–Crippen LogP) is 5.46. The van der Waals surface area contributed by atoms with Gasteiger partial charge in [-0.2, -0.15) is 0 Å². The molecule has 0 fully saturated rings. The standard InChI is InChI=1S/C29H25NO6/c31-24-17-26(29(33)34)36-27-22(24)10-5-11-23(27)30-28(32)20-13-15-25-19(16-20)12-14-21(35-25)9-4-8-18-6-2-1-3-7-18/h1-3,5-7,10-11,13,15-17,21H,4,8-9,12,14H2,(H,30,32)(H,33,34). The first-order chi connectivity index (χ1) is 17.5. The zero-order chi connectivity index (χ0) is 25.1. The lowest BCUT2D eigenvalue weighted by Crippen LogP contribution is -2.23. The van der Waals surface area contributed by atoms with Crippen LogP contribution in [0.25, 0.3) is 11.0 Å². The molecule has 0 aliphatic carbocycles. The minimum absolute atomic E-state index is 0.0235. The van der Waals surface area contributed by atoms with Gasteiger partial charge in [-0.05, 0) is 73.6 Å². The van der Waals surface area contributed by atoms with Crippen LogP contribution in [0.3, 0.4) is 0 Å². The fourth-order valence-corrected chi connectivity index (χ4v) is 4.54. The number of nitrogens with one attached hydrogen (secondary N) is 1. The van der Waals surface area contributed by atoms with Crippen LogP contribution in [-0.2, 0) is 12.8 Å². The predicted molar refractivity (Wildman–Crippen MR) is 136 cm³/mol. The highest BCUT2D eigenvalue weighted by molar-refractivity contribution is 6.08. The molecule has 1 aliphatic rings. The second kappa shape index (κ2) is 10.1. The number of rotatable bonds is 7. The molecule has 3 aromatic carbocycles. The Morgan fingerprint density at radius 1 is 1.00 bits per heavy atom.